The zero-order valence-corrected chi connectivity index (χ0v) is 15.8. The molecule has 2 aliphatic carbocycles. The number of nitrogens with one attached hydrogen (secondary N) is 2. The van der Waals surface area contributed by atoms with Gasteiger partial charge in [0.1, 0.15) is 5.82 Å². The van der Waals surface area contributed by atoms with Crippen molar-refractivity contribution < 1.29 is 0 Å². The first kappa shape index (κ1) is 17.7. The van der Waals surface area contributed by atoms with Crippen molar-refractivity contribution in [1.29, 1.82) is 5.26 Å². The van der Waals surface area contributed by atoms with Gasteiger partial charge in [-0.15, -0.1) is 0 Å². The van der Waals surface area contributed by atoms with E-state index in [-0.39, 0.29) is 5.92 Å². The molecule has 1 unspecified atom stereocenters. The maximum absolute atomic E-state index is 8.94. The van der Waals surface area contributed by atoms with Gasteiger partial charge in [-0.1, -0.05) is 0 Å². The van der Waals surface area contributed by atoms with Gasteiger partial charge in [-0.25, -0.2) is 4.98 Å². The molecule has 2 saturated carbocycles. The van der Waals surface area contributed by atoms with Crippen molar-refractivity contribution in [3.63, 3.8) is 0 Å². The lowest BCUT2D eigenvalue weighted by atomic mass is 10.2. The van der Waals surface area contributed by atoms with Gasteiger partial charge < -0.3 is 16.4 Å². The Morgan fingerprint density at radius 3 is 2.96 bits per heavy atom. The molecule has 0 bridgehead atoms. The molecule has 7 nitrogen and oxygen atoms in total. The molecule has 1 aromatic rings. The van der Waals surface area contributed by atoms with Crippen molar-refractivity contribution in [2.24, 2.45) is 28.5 Å². The van der Waals surface area contributed by atoms with Crippen molar-refractivity contribution in [2.75, 3.05) is 23.7 Å². The lowest BCUT2D eigenvalue weighted by Gasteiger charge is -2.13. The second-order valence-electron chi connectivity index (χ2n) is 6.36. The molecule has 2 aliphatic rings. The van der Waals surface area contributed by atoms with Crippen LogP contribution in [-0.2, 0) is 0 Å². The van der Waals surface area contributed by atoms with E-state index in [0.29, 0.717) is 24.3 Å². The minimum atomic E-state index is 0.167. The van der Waals surface area contributed by atoms with Gasteiger partial charge in [0.05, 0.1) is 27.9 Å². The number of rotatable bonds is 8. The molecule has 1 aromatic heterocycles. The van der Waals surface area contributed by atoms with E-state index in [2.05, 4.69) is 42.6 Å². The van der Waals surface area contributed by atoms with Crippen molar-refractivity contribution in [3.05, 3.63) is 22.6 Å². The highest BCUT2D eigenvalue weighted by atomic mass is 79.9. The fourth-order valence-corrected chi connectivity index (χ4v) is 2.98. The Bertz CT molecular complexity index is 733. The summed E-state index contributed by atoms with van der Waals surface area (Å²) in [5, 5.41) is 15.3. The maximum Gasteiger partial charge on any atom is 0.229 e. The second-order valence-corrected chi connectivity index (χ2v) is 7.21. The highest BCUT2D eigenvalue weighted by Crippen LogP contribution is 2.39. The molecule has 0 spiro atoms. The van der Waals surface area contributed by atoms with Crippen molar-refractivity contribution in [3.8, 4) is 6.07 Å². The van der Waals surface area contributed by atoms with Gasteiger partial charge in [0.25, 0.3) is 0 Å². The second kappa shape index (κ2) is 7.83. The SMILES string of the molecule is CCNc1nc(N/C(=C/N)C(=NC[C@H]2CC2C#N)C2CC2)ncc1Br. The van der Waals surface area contributed by atoms with E-state index in [1.54, 1.807) is 6.20 Å². The van der Waals surface area contributed by atoms with Crippen molar-refractivity contribution >= 4 is 33.4 Å². The third-order valence-electron chi connectivity index (χ3n) is 4.33. The number of aromatic nitrogens is 2. The number of hydrogen-bond acceptors (Lipinski definition) is 7. The zero-order chi connectivity index (χ0) is 17.8. The highest BCUT2D eigenvalue weighted by Gasteiger charge is 2.38. The number of nitrogens with two attached hydrogens (primary N) is 1. The summed E-state index contributed by atoms with van der Waals surface area (Å²) in [5.74, 6) is 2.20. The Morgan fingerprint density at radius 2 is 2.36 bits per heavy atom. The fraction of sp³-hybridized carbons (Fsp3) is 0.529. The van der Waals surface area contributed by atoms with E-state index in [1.165, 1.54) is 6.20 Å². The molecule has 0 amide bonds. The normalized spacial score (nSPS) is 23.1. The number of hydrogen-bond donors (Lipinski definition) is 3. The standard InChI is InChI=1S/C17H22BrN7/c1-2-21-16-13(18)9-23-17(25-16)24-14(7-20)15(10-3-4-10)22-8-12-5-11(12)6-19/h7,9-12H,2-5,8,20H2,1H3,(H2,21,23,24,25)/b14-7+,22-15?/t11?,12-/m1/s1. The van der Waals surface area contributed by atoms with Crippen molar-refractivity contribution in [1.82, 2.24) is 9.97 Å². The number of anilines is 2. The third-order valence-corrected chi connectivity index (χ3v) is 4.91. The number of nitriles is 1. The third kappa shape index (κ3) is 4.48. The molecular weight excluding hydrogens is 382 g/mol. The monoisotopic (exact) mass is 403 g/mol. The molecule has 0 radical (unpaired) electrons. The molecule has 2 fully saturated rings. The van der Waals surface area contributed by atoms with Crippen LogP contribution in [0.2, 0.25) is 0 Å². The first-order valence-corrected chi connectivity index (χ1v) is 9.35. The number of nitrogens with zero attached hydrogens (tertiary/aromatic N) is 4. The predicted octanol–water partition coefficient (Wildman–Crippen LogP) is 2.89. The van der Waals surface area contributed by atoms with Crippen LogP contribution >= 0.6 is 15.9 Å². The van der Waals surface area contributed by atoms with E-state index >= 15 is 0 Å². The highest BCUT2D eigenvalue weighted by molar-refractivity contribution is 9.10. The Morgan fingerprint density at radius 1 is 1.56 bits per heavy atom. The number of halogens is 1. The van der Waals surface area contributed by atoms with Gasteiger partial charge >= 0.3 is 0 Å². The molecule has 8 heteroatoms. The van der Waals surface area contributed by atoms with Crippen LogP contribution in [0.1, 0.15) is 26.2 Å². The fourth-order valence-electron chi connectivity index (χ4n) is 2.64. The van der Waals surface area contributed by atoms with E-state index < -0.39 is 0 Å². The Hall–Kier alpha value is -2.14. The number of aliphatic imine (C=N–C) groups is 1. The van der Waals surface area contributed by atoms with Crippen LogP contribution < -0.4 is 16.4 Å². The molecule has 2 atom stereocenters. The topological polar surface area (TPSA) is 112 Å². The van der Waals surface area contributed by atoms with Gasteiger partial charge in [0.2, 0.25) is 5.95 Å². The summed E-state index contributed by atoms with van der Waals surface area (Å²) in [6.45, 7) is 3.47. The summed E-state index contributed by atoms with van der Waals surface area (Å²) in [6, 6.07) is 2.31. The smallest absolute Gasteiger partial charge is 0.229 e. The quantitative estimate of drug-likeness (QED) is 0.575. The summed E-state index contributed by atoms with van der Waals surface area (Å²) in [6.07, 6.45) is 6.43. The lowest BCUT2D eigenvalue weighted by molar-refractivity contribution is 0.800. The van der Waals surface area contributed by atoms with Gasteiger partial charge in [0.15, 0.2) is 0 Å². The zero-order valence-electron chi connectivity index (χ0n) is 14.2. The molecule has 132 valence electrons. The molecule has 25 heavy (non-hydrogen) atoms. The molecule has 0 aromatic carbocycles. The Kier molecular flexibility index (Phi) is 5.53. The van der Waals surface area contributed by atoms with Gasteiger partial charge in [-0.3, -0.25) is 4.99 Å². The van der Waals surface area contributed by atoms with E-state index in [1.807, 2.05) is 6.92 Å². The average molecular weight is 404 g/mol. The van der Waals surface area contributed by atoms with Crippen LogP contribution in [0.4, 0.5) is 11.8 Å². The molecule has 3 rings (SSSR count). The van der Waals surface area contributed by atoms with E-state index in [9.17, 15) is 0 Å². The minimum Gasteiger partial charge on any atom is -0.403 e. The summed E-state index contributed by atoms with van der Waals surface area (Å²) >= 11 is 3.43. The van der Waals surface area contributed by atoms with Crippen LogP contribution in [0.5, 0.6) is 0 Å². The Labute approximate surface area is 156 Å². The largest absolute Gasteiger partial charge is 0.403 e. The lowest BCUT2D eigenvalue weighted by Crippen LogP contribution is -2.18. The summed E-state index contributed by atoms with van der Waals surface area (Å²) in [5.41, 5.74) is 7.58. The summed E-state index contributed by atoms with van der Waals surface area (Å²) in [7, 11) is 0. The first-order valence-electron chi connectivity index (χ1n) is 8.55. The van der Waals surface area contributed by atoms with Crippen LogP contribution in [0.15, 0.2) is 27.6 Å². The minimum absolute atomic E-state index is 0.167. The van der Waals surface area contributed by atoms with Gasteiger partial charge in [-0.2, -0.15) is 10.2 Å². The Balaban J connectivity index is 1.73. The first-order chi connectivity index (χ1) is 12.2. The average Bonchev–Trinajstić information content (AvgIpc) is 3.52. The molecule has 0 aliphatic heterocycles. The maximum atomic E-state index is 8.94. The predicted molar refractivity (Wildman–Crippen MR) is 102 cm³/mol. The molecule has 1 heterocycles. The molecule has 0 saturated heterocycles. The van der Waals surface area contributed by atoms with Crippen LogP contribution in [0, 0.1) is 29.1 Å². The van der Waals surface area contributed by atoms with Crippen LogP contribution in [-0.4, -0.2) is 28.8 Å². The number of allylic oxidation sites excluding steroid dienone is 1. The molecular formula is C17H22BrN7. The molecule has 4 N–H and O–H groups in total. The summed E-state index contributed by atoms with van der Waals surface area (Å²) < 4.78 is 0.811. The van der Waals surface area contributed by atoms with Gasteiger partial charge in [0, 0.05) is 31.4 Å². The van der Waals surface area contributed by atoms with E-state index in [4.69, 9.17) is 16.0 Å². The summed E-state index contributed by atoms with van der Waals surface area (Å²) in [4.78, 5) is 13.5. The van der Waals surface area contributed by atoms with Crippen LogP contribution in [0.25, 0.3) is 0 Å². The van der Waals surface area contributed by atoms with Crippen molar-refractivity contribution in [2.45, 2.75) is 26.2 Å². The van der Waals surface area contributed by atoms with Gasteiger partial charge in [-0.05, 0) is 48.0 Å². The van der Waals surface area contributed by atoms with Crippen LogP contribution in [0.3, 0.4) is 0 Å². The van der Waals surface area contributed by atoms with E-state index in [0.717, 1.165) is 47.5 Å².